The maximum Gasteiger partial charge on any atom is 0.295 e. The third kappa shape index (κ3) is 5.20. The summed E-state index contributed by atoms with van der Waals surface area (Å²) in [7, 11) is 0. The highest BCUT2D eigenvalue weighted by molar-refractivity contribution is 7.10. The zero-order valence-corrected chi connectivity index (χ0v) is 21.3. The lowest BCUT2D eigenvalue weighted by Crippen LogP contribution is -2.35. The van der Waals surface area contributed by atoms with Gasteiger partial charge in [-0.1, -0.05) is 30.3 Å². The molecule has 37 heavy (non-hydrogen) atoms. The number of benzene rings is 2. The second-order valence-electron chi connectivity index (χ2n) is 8.95. The van der Waals surface area contributed by atoms with Gasteiger partial charge in [-0.15, -0.1) is 11.3 Å². The van der Waals surface area contributed by atoms with Crippen LogP contribution in [0, 0.1) is 6.92 Å². The number of aromatic nitrogens is 2. The Morgan fingerprint density at radius 2 is 1.92 bits per heavy atom. The first-order chi connectivity index (χ1) is 18.0. The molecule has 1 saturated heterocycles. The van der Waals surface area contributed by atoms with Gasteiger partial charge < -0.3 is 14.7 Å². The Hall–Kier alpha value is -4.17. The van der Waals surface area contributed by atoms with E-state index < -0.39 is 17.7 Å². The number of thiophene rings is 1. The third-order valence-corrected chi connectivity index (χ3v) is 7.48. The smallest absolute Gasteiger partial charge is 0.295 e. The van der Waals surface area contributed by atoms with Crippen LogP contribution in [0.2, 0.25) is 0 Å². The van der Waals surface area contributed by atoms with Gasteiger partial charge in [0.2, 0.25) is 6.33 Å². The van der Waals surface area contributed by atoms with Crippen molar-refractivity contribution in [2.75, 3.05) is 6.54 Å². The van der Waals surface area contributed by atoms with E-state index in [2.05, 4.69) is 4.98 Å². The fraction of sp³-hybridized carbons (Fsp3) is 0.207. The summed E-state index contributed by atoms with van der Waals surface area (Å²) in [6, 6.07) is 18.1. The van der Waals surface area contributed by atoms with E-state index in [9.17, 15) is 14.7 Å². The molecule has 2 aromatic heterocycles. The number of carbonyl (C=O) groups excluding carboxylic acids is 2. The van der Waals surface area contributed by atoms with E-state index in [0.717, 1.165) is 16.0 Å². The van der Waals surface area contributed by atoms with Crippen LogP contribution in [-0.2, 0) is 22.7 Å². The van der Waals surface area contributed by atoms with Crippen LogP contribution in [0.1, 0.15) is 34.0 Å². The second kappa shape index (κ2) is 10.8. The number of ether oxygens (including phenoxy) is 1. The van der Waals surface area contributed by atoms with Gasteiger partial charge in [-0.25, -0.2) is 4.57 Å². The fourth-order valence-corrected chi connectivity index (χ4v) is 5.38. The number of aliphatic hydroxyl groups is 1. The SMILES string of the molecule is Cc1ccccc1COc1ccc(/C(O)=C2\C(=O)C(=O)N(CCC[n+]3cc[nH]c3)C2c2cccs2)cc1. The number of Topliss-reactive ketones (excluding diaryl/α,β-unsaturated/α-hetero) is 1. The first kappa shape index (κ1) is 24.5. The van der Waals surface area contributed by atoms with E-state index in [0.29, 0.717) is 37.4 Å². The Labute approximate surface area is 219 Å². The van der Waals surface area contributed by atoms with Crippen LogP contribution in [0.25, 0.3) is 5.76 Å². The number of hydrogen-bond acceptors (Lipinski definition) is 5. The molecule has 1 unspecified atom stereocenters. The molecule has 0 spiro atoms. The molecule has 8 heteroatoms. The number of aromatic amines is 1. The maximum atomic E-state index is 13.1. The van der Waals surface area contributed by atoms with Crippen molar-refractivity contribution in [2.45, 2.75) is 32.5 Å². The Kier molecular flexibility index (Phi) is 7.18. The quantitative estimate of drug-likeness (QED) is 0.146. The Morgan fingerprint density at radius 1 is 1.11 bits per heavy atom. The van der Waals surface area contributed by atoms with E-state index in [1.807, 2.05) is 72.0 Å². The number of carbonyl (C=O) groups is 2. The number of imidazole rings is 1. The lowest BCUT2D eigenvalue weighted by atomic mass is 10.00. The zero-order chi connectivity index (χ0) is 25.8. The Balaban J connectivity index is 1.37. The number of ketones is 1. The van der Waals surface area contributed by atoms with Gasteiger partial charge in [0.05, 0.1) is 18.2 Å². The van der Waals surface area contributed by atoms with E-state index in [-0.39, 0.29) is 11.3 Å². The summed E-state index contributed by atoms with van der Waals surface area (Å²) >= 11 is 1.46. The minimum Gasteiger partial charge on any atom is -0.507 e. The monoisotopic (exact) mass is 514 g/mol. The number of aliphatic hydroxyl groups excluding tert-OH is 1. The van der Waals surface area contributed by atoms with Crippen LogP contribution in [0.4, 0.5) is 0 Å². The Morgan fingerprint density at radius 3 is 2.62 bits per heavy atom. The first-order valence-corrected chi connectivity index (χ1v) is 13.0. The van der Waals surface area contributed by atoms with E-state index in [1.165, 1.54) is 11.3 Å². The standard InChI is InChI=1S/C29H27N3O4S/c1-20-6-2-3-7-22(20)18-36-23-11-9-21(10-12-23)27(33)25-26(24-8-4-17-37-24)32(29(35)28(25)34)15-5-14-31-16-13-30-19-31/h2-4,6-13,16-17,19,26H,5,14-15,18H2,1H3,(H,33,34)/p+1. The predicted octanol–water partition coefficient (Wildman–Crippen LogP) is 4.76. The highest BCUT2D eigenvalue weighted by atomic mass is 32.1. The lowest BCUT2D eigenvalue weighted by molar-refractivity contribution is -0.695. The number of likely N-dealkylation sites (tertiary alicyclic amines) is 1. The molecule has 0 aliphatic carbocycles. The average Bonchev–Trinajstić information content (AvgIpc) is 3.67. The number of nitrogens with zero attached hydrogens (tertiary/aromatic N) is 2. The van der Waals surface area contributed by atoms with Gasteiger partial charge in [0, 0.05) is 23.4 Å². The van der Waals surface area contributed by atoms with Crippen LogP contribution in [0.15, 0.2) is 90.3 Å². The minimum absolute atomic E-state index is 0.121. The fourth-order valence-electron chi connectivity index (χ4n) is 4.53. The number of H-pyrrole nitrogens is 1. The number of rotatable bonds is 9. The zero-order valence-electron chi connectivity index (χ0n) is 20.5. The summed E-state index contributed by atoms with van der Waals surface area (Å²) in [6.07, 6.45) is 6.26. The van der Waals surface area contributed by atoms with Crippen LogP contribution in [-0.4, -0.2) is 33.2 Å². The highest BCUT2D eigenvalue weighted by Gasteiger charge is 2.46. The van der Waals surface area contributed by atoms with Gasteiger partial charge in [-0.2, -0.15) is 0 Å². The summed E-state index contributed by atoms with van der Waals surface area (Å²) in [4.78, 5) is 31.6. The molecule has 0 bridgehead atoms. The van der Waals surface area contributed by atoms with E-state index >= 15 is 0 Å². The van der Waals surface area contributed by atoms with Gasteiger partial charge in [-0.05, 0) is 53.8 Å². The molecule has 2 N–H and O–H groups in total. The first-order valence-electron chi connectivity index (χ1n) is 12.1. The molecule has 1 fully saturated rings. The van der Waals surface area contributed by atoms with Crippen molar-refractivity contribution in [2.24, 2.45) is 0 Å². The third-order valence-electron chi connectivity index (χ3n) is 6.55. The molecular weight excluding hydrogens is 486 g/mol. The van der Waals surface area contributed by atoms with Crippen molar-refractivity contribution in [3.63, 3.8) is 0 Å². The molecular formula is C29H28N3O4S+. The summed E-state index contributed by atoms with van der Waals surface area (Å²) < 4.78 is 7.90. The summed E-state index contributed by atoms with van der Waals surface area (Å²) in [6.45, 7) is 3.57. The maximum absolute atomic E-state index is 13.1. The minimum atomic E-state index is -0.662. The van der Waals surface area contributed by atoms with Gasteiger partial charge in [0.25, 0.3) is 11.7 Å². The van der Waals surface area contributed by atoms with E-state index in [4.69, 9.17) is 4.74 Å². The molecule has 1 aliphatic heterocycles. The molecule has 4 aromatic rings. The number of nitrogens with one attached hydrogen (secondary N) is 1. The molecule has 0 radical (unpaired) electrons. The highest BCUT2D eigenvalue weighted by Crippen LogP contribution is 2.41. The molecule has 0 saturated carbocycles. The normalized spacial score (nSPS) is 16.9. The summed E-state index contributed by atoms with van der Waals surface area (Å²) in [5.74, 6) is -0.774. The van der Waals surface area contributed by atoms with Crippen LogP contribution in [0.3, 0.4) is 0 Å². The summed E-state index contributed by atoms with van der Waals surface area (Å²) in [5.41, 5.74) is 2.84. The average molecular weight is 515 g/mol. The molecule has 5 rings (SSSR count). The van der Waals surface area contributed by atoms with Crippen molar-refractivity contribution in [1.29, 1.82) is 0 Å². The number of amides is 1. The molecule has 7 nitrogen and oxygen atoms in total. The molecule has 1 aliphatic rings. The van der Waals surface area contributed by atoms with E-state index in [1.54, 1.807) is 29.2 Å². The van der Waals surface area contributed by atoms with Crippen molar-refractivity contribution >= 4 is 28.8 Å². The van der Waals surface area contributed by atoms with Crippen LogP contribution < -0.4 is 9.30 Å². The molecule has 2 aromatic carbocycles. The largest absolute Gasteiger partial charge is 0.507 e. The van der Waals surface area contributed by atoms with Gasteiger partial charge in [-0.3, -0.25) is 14.6 Å². The van der Waals surface area contributed by atoms with Crippen molar-refractivity contribution in [3.8, 4) is 5.75 Å². The van der Waals surface area contributed by atoms with Crippen LogP contribution >= 0.6 is 11.3 Å². The van der Waals surface area contributed by atoms with Gasteiger partial charge >= 0.3 is 0 Å². The van der Waals surface area contributed by atoms with Gasteiger partial charge in [0.15, 0.2) is 0 Å². The topological polar surface area (TPSA) is 86.5 Å². The second-order valence-corrected chi connectivity index (χ2v) is 9.93. The lowest BCUT2D eigenvalue weighted by Gasteiger charge is -2.23. The molecule has 1 amide bonds. The molecule has 1 atom stereocenters. The predicted molar refractivity (Wildman–Crippen MR) is 141 cm³/mol. The van der Waals surface area contributed by atoms with Crippen molar-refractivity contribution in [1.82, 2.24) is 9.88 Å². The Bertz CT molecular complexity index is 1410. The molecule has 188 valence electrons. The number of aryl methyl sites for hydroxylation is 2. The summed E-state index contributed by atoms with van der Waals surface area (Å²) in [5, 5.41) is 13.2. The van der Waals surface area contributed by atoms with Crippen LogP contribution in [0.5, 0.6) is 5.75 Å². The van der Waals surface area contributed by atoms with Gasteiger partial charge in [0.1, 0.15) is 30.5 Å². The van der Waals surface area contributed by atoms with Crippen molar-refractivity contribution < 1.29 is 24.0 Å². The molecule has 3 heterocycles. The number of hydrogen-bond donors (Lipinski definition) is 2. The van der Waals surface area contributed by atoms with Crippen molar-refractivity contribution in [3.05, 3.63) is 112 Å².